The molecule has 0 radical (unpaired) electrons. The van der Waals surface area contributed by atoms with Crippen LogP contribution in [0.4, 0.5) is 0 Å². The third kappa shape index (κ3) is 2.60. The number of carbonyl (C=O) groups is 1. The highest BCUT2D eigenvalue weighted by Gasteiger charge is 2.11. The van der Waals surface area contributed by atoms with Gasteiger partial charge in [0, 0.05) is 12.5 Å². The number of rotatable bonds is 0. The molecule has 0 aromatic rings. The van der Waals surface area contributed by atoms with E-state index in [0.717, 1.165) is 19.4 Å². The minimum atomic E-state index is -0.500. The highest BCUT2D eigenvalue weighted by molar-refractivity contribution is 5.88. The minimum absolute atomic E-state index is 0.0610. The summed E-state index contributed by atoms with van der Waals surface area (Å²) in [5, 5.41) is 0. The van der Waals surface area contributed by atoms with Crippen molar-refractivity contribution in [3.05, 3.63) is 0 Å². The molecule has 0 N–H and O–H groups in total. The van der Waals surface area contributed by atoms with Crippen molar-refractivity contribution in [1.29, 1.82) is 0 Å². The van der Waals surface area contributed by atoms with Crippen molar-refractivity contribution in [2.24, 2.45) is 0 Å². The molecule has 0 amide bonds. The normalized spacial score (nSPS) is 22.1. The van der Waals surface area contributed by atoms with Crippen LogP contribution in [0.15, 0.2) is 0 Å². The van der Waals surface area contributed by atoms with Gasteiger partial charge in [-0.25, -0.2) is 4.79 Å². The second-order valence-electron chi connectivity index (χ2n) is 2.26. The maximum atomic E-state index is 10.5. The van der Waals surface area contributed by atoms with E-state index in [0.29, 0.717) is 0 Å². The molecule has 0 aliphatic carbocycles. The van der Waals surface area contributed by atoms with Crippen molar-refractivity contribution in [2.45, 2.75) is 18.9 Å². The van der Waals surface area contributed by atoms with Crippen LogP contribution in [0.2, 0.25) is 0 Å². The molecule has 1 aliphatic heterocycles. The van der Waals surface area contributed by atoms with Gasteiger partial charge in [0.25, 0.3) is 0 Å². The summed E-state index contributed by atoms with van der Waals surface area (Å²) < 4.78 is 9.51. The highest BCUT2D eigenvalue weighted by atomic mass is 16.5. The first-order valence-corrected chi connectivity index (χ1v) is 3.54. The Morgan fingerprint density at radius 3 is 3.09 bits per heavy atom. The number of hydrogen-bond donors (Lipinski definition) is 0. The predicted molar refractivity (Wildman–Crippen MR) is 38.8 cm³/mol. The fourth-order valence-electron chi connectivity index (χ4n) is 0.882. The molecule has 1 fully saturated rings. The lowest BCUT2D eigenvalue weighted by molar-refractivity contribution is -0.133. The van der Waals surface area contributed by atoms with Gasteiger partial charge in [0.15, 0.2) is 0 Å². The Labute approximate surface area is 65.7 Å². The summed E-state index contributed by atoms with van der Waals surface area (Å²) >= 11 is 0. The van der Waals surface area contributed by atoms with E-state index >= 15 is 0 Å². The van der Waals surface area contributed by atoms with Crippen LogP contribution in [0, 0.1) is 11.8 Å². The molecule has 0 aromatic heterocycles. The monoisotopic (exact) mass is 154 g/mol. The van der Waals surface area contributed by atoms with Crippen LogP contribution >= 0.6 is 0 Å². The molecule has 0 saturated carbocycles. The van der Waals surface area contributed by atoms with Gasteiger partial charge in [-0.2, -0.15) is 0 Å². The average molecular weight is 154 g/mol. The zero-order valence-electron chi connectivity index (χ0n) is 6.42. The van der Waals surface area contributed by atoms with Crippen molar-refractivity contribution in [3.8, 4) is 11.8 Å². The maximum absolute atomic E-state index is 10.5. The van der Waals surface area contributed by atoms with E-state index in [4.69, 9.17) is 4.74 Å². The molecule has 1 unspecified atom stereocenters. The first-order chi connectivity index (χ1) is 5.33. The Kier molecular flexibility index (Phi) is 2.94. The second kappa shape index (κ2) is 3.99. The molecule has 1 atom stereocenters. The van der Waals surface area contributed by atoms with E-state index in [2.05, 4.69) is 16.6 Å². The fraction of sp³-hybridized carbons (Fsp3) is 0.625. The lowest BCUT2D eigenvalue weighted by atomic mass is 10.2. The van der Waals surface area contributed by atoms with Crippen molar-refractivity contribution in [1.82, 2.24) is 0 Å². The van der Waals surface area contributed by atoms with Gasteiger partial charge < -0.3 is 9.47 Å². The molecule has 3 nitrogen and oxygen atoms in total. The third-order valence-corrected chi connectivity index (χ3v) is 1.45. The van der Waals surface area contributed by atoms with Gasteiger partial charge in [-0.1, -0.05) is 5.92 Å². The Morgan fingerprint density at radius 2 is 2.55 bits per heavy atom. The van der Waals surface area contributed by atoms with Gasteiger partial charge in [-0.05, 0) is 12.8 Å². The van der Waals surface area contributed by atoms with E-state index in [1.54, 1.807) is 0 Å². The van der Waals surface area contributed by atoms with Crippen molar-refractivity contribution in [3.63, 3.8) is 0 Å². The zero-order valence-corrected chi connectivity index (χ0v) is 6.42. The lowest BCUT2D eigenvalue weighted by Crippen LogP contribution is -2.02. The Morgan fingerprint density at radius 1 is 1.73 bits per heavy atom. The van der Waals surface area contributed by atoms with E-state index in [9.17, 15) is 4.79 Å². The van der Waals surface area contributed by atoms with Gasteiger partial charge in [-0.15, -0.1) is 0 Å². The molecule has 1 rings (SSSR count). The van der Waals surface area contributed by atoms with Crippen molar-refractivity contribution in [2.75, 3.05) is 13.7 Å². The van der Waals surface area contributed by atoms with Crippen LogP contribution in [-0.4, -0.2) is 25.8 Å². The van der Waals surface area contributed by atoms with Gasteiger partial charge in [0.05, 0.1) is 7.11 Å². The largest absolute Gasteiger partial charge is 0.459 e. The average Bonchev–Trinajstić information content (AvgIpc) is 2.52. The Bertz CT molecular complexity index is 193. The summed E-state index contributed by atoms with van der Waals surface area (Å²) in [5.74, 6) is 4.52. The number of carbonyl (C=O) groups excluding carboxylic acids is 1. The first-order valence-electron chi connectivity index (χ1n) is 3.54. The van der Waals surface area contributed by atoms with Gasteiger partial charge in [-0.3, -0.25) is 0 Å². The molecular weight excluding hydrogens is 144 g/mol. The summed E-state index contributed by atoms with van der Waals surface area (Å²) in [6, 6.07) is 0. The number of hydrogen-bond acceptors (Lipinski definition) is 3. The summed E-state index contributed by atoms with van der Waals surface area (Å²) in [6.07, 6.45) is 1.89. The zero-order chi connectivity index (χ0) is 8.10. The molecule has 1 saturated heterocycles. The van der Waals surface area contributed by atoms with Crippen LogP contribution in [0.5, 0.6) is 0 Å². The van der Waals surface area contributed by atoms with Crippen LogP contribution in [-0.2, 0) is 14.3 Å². The Hall–Kier alpha value is -1.01. The standard InChI is InChI=1S/C8H10O3/c1-10-8(9)5-4-7-3-2-6-11-7/h7H,2-3,6H2,1H3. The van der Waals surface area contributed by atoms with E-state index < -0.39 is 5.97 Å². The van der Waals surface area contributed by atoms with Gasteiger partial charge in [0.2, 0.25) is 0 Å². The number of methoxy groups -OCH3 is 1. The summed E-state index contributed by atoms with van der Waals surface area (Å²) in [6.45, 7) is 0.751. The molecule has 3 heteroatoms. The smallest absolute Gasteiger partial charge is 0.384 e. The van der Waals surface area contributed by atoms with E-state index in [-0.39, 0.29) is 6.10 Å². The molecule has 0 aromatic carbocycles. The van der Waals surface area contributed by atoms with E-state index in [1.165, 1.54) is 7.11 Å². The van der Waals surface area contributed by atoms with Crippen molar-refractivity contribution < 1.29 is 14.3 Å². The molecule has 1 heterocycles. The summed E-state index contributed by atoms with van der Waals surface area (Å²) in [7, 11) is 1.31. The quantitative estimate of drug-likeness (QED) is 0.287. The SMILES string of the molecule is COC(=O)C#CC1CCCO1. The van der Waals surface area contributed by atoms with Gasteiger partial charge in [0.1, 0.15) is 6.10 Å². The highest BCUT2D eigenvalue weighted by Crippen LogP contribution is 2.09. The van der Waals surface area contributed by atoms with Crippen molar-refractivity contribution >= 4 is 5.97 Å². The topological polar surface area (TPSA) is 35.5 Å². The maximum Gasteiger partial charge on any atom is 0.384 e. The number of esters is 1. The Balaban J connectivity index is 2.36. The first kappa shape index (κ1) is 8.09. The minimum Gasteiger partial charge on any atom is -0.459 e. The molecule has 0 bridgehead atoms. The lowest BCUT2D eigenvalue weighted by Gasteiger charge is -1.95. The third-order valence-electron chi connectivity index (χ3n) is 1.45. The summed E-state index contributed by atoms with van der Waals surface area (Å²) in [4.78, 5) is 10.5. The summed E-state index contributed by atoms with van der Waals surface area (Å²) in [5.41, 5.74) is 0. The molecular formula is C8H10O3. The predicted octanol–water partition coefficient (Wildman–Crippen LogP) is 0.342. The number of ether oxygens (including phenoxy) is 2. The van der Waals surface area contributed by atoms with E-state index in [1.807, 2.05) is 0 Å². The second-order valence-corrected chi connectivity index (χ2v) is 2.26. The molecule has 11 heavy (non-hydrogen) atoms. The van der Waals surface area contributed by atoms with Gasteiger partial charge >= 0.3 is 5.97 Å². The fourth-order valence-corrected chi connectivity index (χ4v) is 0.882. The van der Waals surface area contributed by atoms with Crippen LogP contribution in [0.1, 0.15) is 12.8 Å². The molecule has 1 aliphatic rings. The molecule has 0 spiro atoms. The van der Waals surface area contributed by atoms with Crippen LogP contribution in [0.25, 0.3) is 0 Å². The molecule has 60 valence electrons. The van der Waals surface area contributed by atoms with Crippen LogP contribution < -0.4 is 0 Å². The van der Waals surface area contributed by atoms with Crippen LogP contribution in [0.3, 0.4) is 0 Å².